The maximum absolute atomic E-state index is 2.31. The van der Waals surface area contributed by atoms with E-state index in [-0.39, 0.29) is 0 Å². The SMILES string of the molecule is CCCCC=Cc1ccc(CCCCCCCCCC)cc1. The normalized spacial score (nSPS) is 11.4. The van der Waals surface area contributed by atoms with Gasteiger partial charge in [-0.15, -0.1) is 0 Å². The molecule has 22 heavy (non-hydrogen) atoms. The van der Waals surface area contributed by atoms with Gasteiger partial charge >= 0.3 is 0 Å². The van der Waals surface area contributed by atoms with Crippen LogP contribution in [-0.2, 0) is 6.42 Å². The lowest BCUT2D eigenvalue weighted by Gasteiger charge is -2.03. The standard InChI is InChI=1S/C22H36/c1-3-5-7-9-10-11-12-14-16-22-19-17-21(18-20-22)15-13-8-6-4-2/h13,15,17-20H,3-12,14,16H2,1-2H3. The fourth-order valence-electron chi connectivity index (χ4n) is 2.80. The molecule has 0 bridgehead atoms. The van der Waals surface area contributed by atoms with Crippen molar-refractivity contribution in [1.29, 1.82) is 0 Å². The van der Waals surface area contributed by atoms with Crippen molar-refractivity contribution in [1.82, 2.24) is 0 Å². The van der Waals surface area contributed by atoms with Crippen molar-refractivity contribution < 1.29 is 0 Å². The first-order valence-electron chi connectivity index (χ1n) is 9.62. The first kappa shape index (κ1) is 19.0. The van der Waals surface area contributed by atoms with Crippen molar-refractivity contribution in [3.8, 4) is 0 Å². The minimum atomic E-state index is 1.20. The molecule has 0 unspecified atom stereocenters. The molecule has 0 nitrogen and oxygen atoms in total. The van der Waals surface area contributed by atoms with E-state index in [1.54, 1.807) is 0 Å². The predicted molar refractivity (Wildman–Crippen MR) is 101 cm³/mol. The van der Waals surface area contributed by atoms with Crippen molar-refractivity contribution in [3.63, 3.8) is 0 Å². The molecule has 0 amide bonds. The minimum Gasteiger partial charge on any atom is -0.0839 e. The Bertz CT molecular complexity index is 372. The van der Waals surface area contributed by atoms with E-state index in [0.29, 0.717) is 0 Å². The number of benzene rings is 1. The Kier molecular flexibility index (Phi) is 11.8. The van der Waals surface area contributed by atoms with Crippen LogP contribution in [-0.4, -0.2) is 0 Å². The van der Waals surface area contributed by atoms with Crippen molar-refractivity contribution >= 4 is 6.08 Å². The predicted octanol–water partition coefficient (Wildman–Crippen LogP) is 7.57. The highest BCUT2D eigenvalue weighted by atomic mass is 14.0. The van der Waals surface area contributed by atoms with Gasteiger partial charge in [-0.2, -0.15) is 0 Å². The van der Waals surface area contributed by atoms with Gasteiger partial charge in [0.25, 0.3) is 0 Å². The van der Waals surface area contributed by atoms with E-state index in [1.165, 1.54) is 88.2 Å². The Hall–Kier alpha value is -1.04. The summed E-state index contributed by atoms with van der Waals surface area (Å²) in [5.74, 6) is 0. The summed E-state index contributed by atoms with van der Waals surface area (Å²) >= 11 is 0. The summed E-state index contributed by atoms with van der Waals surface area (Å²) < 4.78 is 0. The minimum absolute atomic E-state index is 1.20. The smallest absolute Gasteiger partial charge is 0.0260 e. The largest absolute Gasteiger partial charge is 0.0839 e. The Morgan fingerprint density at radius 1 is 0.682 bits per heavy atom. The van der Waals surface area contributed by atoms with Gasteiger partial charge in [0.15, 0.2) is 0 Å². The number of rotatable bonds is 13. The molecule has 0 aliphatic carbocycles. The van der Waals surface area contributed by atoms with E-state index in [9.17, 15) is 0 Å². The Balaban J connectivity index is 2.10. The molecule has 0 aliphatic heterocycles. The summed E-state index contributed by atoms with van der Waals surface area (Å²) in [5.41, 5.74) is 2.84. The molecule has 0 N–H and O–H groups in total. The van der Waals surface area contributed by atoms with Crippen LogP contribution in [0.1, 0.15) is 95.6 Å². The molecule has 0 fully saturated rings. The fourth-order valence-corrected chi connectivity index (χ4v) is 2.80. The van der Waals surface area contributed by atoms with Crippen molar-refractivity contribution in [3.05, 3.63) is 41.5 Å². The zero-order valence-corrected chi connectivity index (χ0v) is 14.9. The summed E-state index contributed by atoms with van der Waals surface area (Å²) in [5, 5.41) is 0. The van der Waals surface area contributed by atoms with Gasteiger partial charge in [0.2, 0.25) is 0 Å². The maximum atomic E-state index is 2.31. The van der Waals surface area contributed by atoms with Crippen LogP contribution in [0, 0.1) is 0 Å². The summed E-state index contributed by atoms with van der Waals surface area (Å²) in [4.78, 5) is 0. The Morgan fingerprint density at radius 2 is 1.27 bits per heavy atom. The monoisotopic (exact) mass is 300 g/mol. The molecular weight excluding hydrogens is 264 g/mol. The van der Waals surface area contributed by atoms with Gasteiger partial charge in [0.1, 0.15) is 0 Å². The van der Waals surface area contributed by atoms with Crippen LogP contribution in [0.5, 0.6) is 0 Å². The average Bonchev–Trinajstić information content (AvgIpc) is 2.55. The molecule has 0 radical (unpaired) electrons. The fraction of sp³-hybridized carbons (Fsp3) is 0.636. The molecule has 1 aromatic rings. The van der Waals surface area contributed by atoms with E-state index in [2.05, 4.69) is 50.3 Å². The molecule has 1 aromatic carbocycles. The van der Waals surface area contributed by atoms with Gasteiger partial charge in [0.05, 0.1) is 0 Å². The molecule has 0 aromatic heterocycles. The summed E-state index contributed by atoms with van der Waals surface area (Å²) in [6, 6.07) is 9.15. The highest BCUT2D eigenvalue weighted by Gasteiger charge is 1.95. The van der Waals surface area contributed by atoms with Crippen LogP contribution in [0.4, 0.5) is 0 Å². The molecule has 0 saturated heterocycles. The average molecular weight is 301 g/mol. The zero-order valence-electron chi connectivity index (χ0n) is 14.9. The second-order valence-corrected chi connectivity index (χ2v) is 6.51. The van der Waals surface area contributed by atoms with Crippen molar-refractivity contribution in [2.45, 2.75) is 90.9 Å². The first-order chi connectivity index (χ1) is 10.9. The highest BCUT2D eigenvalue weighted by Crippen LogP contribution is 2.13. The van der Waals surface area contributed by atoms with E-state index in [0.717, 1.165) is 0 Å². The number of hydrogen-bond donors (Lipinski definition) is 0. The van der Waals surface area contributed by atoms with E-state index < -0.39 is 0 Å². The third-order valence-corrected chi connectivity index (χ3v) is 4.33. The van der Waals surface area contributed by atoms with Crippen LogP contribution >= 0.6 is 0 Å². The first-order valence-corrected chi connectivity index (χ1v) is 9.62. The van der Waals surface area contributed by atoms with E-state index >= 15 is 0 Å². The molecule has 0 aliphatic rings. The van der Waals surface area contributed by atoms with Crippen LogP contribution in [0.25, 0.3) is 6.08 Å². The molecule has 0 spiro atoms. The molecule has 0 atom stereocenters. The van der Waals surface area contributed by atoms with Crippen molar-refractivity contribution in [2.24, 2.45) is 0 Å². The number of allylic oxidation sites excluding steroid dienone is 1. The molecular formula is C22H36. The quantitative estimate of drug-likeness (QED) is 0.329. The van der Waals surface area contributed by atoms with Crippen LogP contribution in [0.15, 0.2) is 30.3 Å². The number of hydrogen-bond acceptors (Lipinski definition) is 0. The van der Waals surface area contributed by atoms with E-state index in [4.69, 9.17) is 0 Å². The van der Waals surface area contributed by atoms with Gasteiger partial charge in [0, 0.05) is 0 Å². The Morgan fingerprint density at radius 3 is 1.91 bits per heavy atom. The lowest BCUT2D eigenvalue weighted by atomic mass is 10.0. The van der Waals surface area contributed by atoms with Gasteiger partial charge in [-0.25, -0.2) is 0 Å². The molecule has 124 valence electrons. The highest BCUT2D eigenvalue weighted by molar-refractivity contribution is 5.49. The number of aryl methyl sites for hydroxylation is 1. The molecule has 0 heterocycles. The lowest BCUT2D eigenvalue weighted by molar-refractivity contribution is 0.575. The topological polar surface area (TPSA) is 0 Å². The summed E-state index contributed by atoms with van der Waals surface area (Å²) in [7, 11) is 0. The van der Waals surface area contributed by atoms with Crippen LogP contribution in [0.3, 0.4) is 0 Å². The van der Waals surface area contributed by atoms with Gasteiger partial charge in [-0.05, 0) is 30.4 Å². The molecule has 0 saturated carbocycles. The Labute approximate surface area is 139 Å². The van der Waals surface area contributed by atoms with E-state index in [1.807, 2.05) is 0 Å². The molecule has 1 rings (SSSR count). The zero-order chi connectivity index (χ0) is 15.9. The lowest BCUT2D eigenvalue weighted by Crippen LogP contribution is -1.87. The second-order valence-electron chi connectivity index (χ2n) is 6.51. The second kappa shape index (κ2) is 13.6. The van der Waals surface area contributed by atoms with Crippen LogP contribution in [0.2, 0.25) is 0 Å². The third kappa shape index (κ3) is 9.82. The van der Waals surface area contributed by atoms with Crippen molar-refractivity contribution in [2.75, 3.05) is 0 Å². The molecule has 0 heteroatoms. The summed E-state index contributed by atoms with van der Waals surface area (Å²) in [6.07, 6.45) is 20.8. The van der Waals surface area contributed by atoms with Gasteiger partial charge in [-0.3, -0.25) is 0 Å². The summed E-state index contributed by atoms with van der Waals surface area (Å²) in [6.45, 7) is 4.53. The maximum Gasteiger partial charge on any atom is -0.0260 e. The van der Waals surface area contributed by atoms with Gasteiger partial charge < -0.3 is 0 Å². The third-order valence-electron chi connectivity index (χ3n) is 4.33. The number of unbranched alkanes of at least 4 members (excludes halogenated alkanes) is 9. The van der Waals surface area contributed by atoms with Gasteiger partial charge in [-0.1, -0.05) is 108 Å². The van der Waals surface area contributed by atoms with Crippen LogP contribution < -0.4 is 0 Å².